The predicted octanol–water partition coefficient (Wildman–Crippen LogP) is 4.05. The van der Waals surface area contributed by atoms with Crippen LogP contribution in [-0.4, -0.2) is 75.8 Å². The second kappa shape index (κ2) is 12.4. The van der Waals surface area contributed by atoms with Crippen molar-refractivity contribution in [2.75, 3.05) is 48.8 Å². The summed E-state index contributed by atoms with van der Waals surface area (Å²) in [6.07, 6.45) is -3.51. The molecule has 2 aromatic heterocycles. The summed E-state index contributed by atoms with van der Waals surface area (Å²) in [5.41, 5.74) is 5.64. The Morgan fingerprint density at radius 2 is 1.72 bits per heavy atom. The van der Waals surface area contributed by atoms with Crippen molar-refractivity contribution in [1.82, 2.24) is 23.8 Å². The first-order chi connectivity index (χ1) is 21.5. The van der Waals surface area contributed by atoms with Gasteiger partial charge in [-0.2, -0.15) is 22.6 Å². The molecule has 246 valence electrons. The molecular formula is C28H29F5N8O4S. The van der Waals surface area contributed by atoms with Crippen LogP contribution in [0.25, 0.3) is 16.6 Å². The number of carbonyl (C=O) groups excluding carboxylic acids is 1. The molecule has 18 heteroatoms. The molecule has 2 aromatic carbocycles. The summed E-state index contributed by atoms with van der Waals surface area (Å²) in [7, 11) is -3.36. The third kappa shape index (κ3) is 6.74. The number of piperazine rings is 1. The molecule has 12 nitrogen and oxygen atoms in total. The summed E-state index contributed by atoms with van der Waals surface area (Å²) in [4.78, 5) is 18.5. The van der Waals surface area contributed by atoms with E-state index in [9.17, 15) is 35.9 Å². The Morgan fingerprint density at radius 3 is 2.33 bits per heavy atom. The summed E-state index contributed by atoms with van der Waals surface area (Å²) in [6, 6.07) is 3.96. The lowest BCUT2D eigenvalue weighted by molar-refractivity contribution is -0.137. The van der Waals surface area contributed by atoms with Crippen LogP contribution in [0.3, 0.4) is 0 Å². The van der Waals surface area contributed by atoms with Crippen LogP contribution >= 0.6 is 0 Å². The zero-order valence-corrected chi connectivity index (χ0v) is 25.3. The summed E-state index contributed by atoms with van der Waals surface area (Å²) in [6.45, 7) is 3.09. The van der Waals surface area contributed by atoms with Crippen LogP contribution in [-0.2, 0) is 22.7 Å². The second-order valence-corrected chi connectivity index (χ2v) is 12.7. The number of hydrogen-bond acceptors (Lipinski definition) is 8. The summed E-state index contributed by atoms with van der Waals surface area (Å²) in [5, 5.41) is 19.3. The number of nitrogen functional groups attached to an aromatic ring is 1. The molecule has 1 fully saturated rings. The van der Waals surface area contributed by atoms with Crippen LogP contribution in [0.4, 0.5) is 43.9 Å². The fourth-order valence-corrected chi connectivity index (χ4v) is 6.19. The molecule has 1 atom stereocenters. The fourth-order valence-electron chi connectivity index (χ4n) is 5.36. The van der Waals surface area contributed by atoms with Crippen molar-refractivity contribution in [3.63, 3.8) is 0 Å². The van der Waals surface area contributed by atoms with E-state index in [4.69, 9.17) is 5.73 Å². The van der Waals surface area contributed by atoms with Crippen LogP contribution in [0, 0.1) is 11.6 Å². The van der Waals surface area contributed by atoms with Gasteiger partial charge in [0.15, 0.2) is 5.82 Å². The summed E-state index contributed by atoms with van der Waals surface area (Å²) in [5.74, 6) is -2.05. The maximum Gasteiger partial charge on any atom is 0.416 e. The van der Waals surface area contributed by atoms with E-state index in [0.29, 0.717) is 48.1 Å². The molecule has 1 unspecified atom stereocenters. The molecule has 2 amide bonds. The topological polar surface area (TPSA) is 158 Å². The highest BCUT2D eigenvalue weighted by atomic mass is 32.2. The summed E-state index contributed by atoms with van der Waals surface area (Å²) < 4.78 is 95.4. The predicted molar refractivity (Wildman–Crippen MR) is 159 cm³/mol. The number of aliphatic hydroxyl groups excluding tert-OH is 1. The molecule has 4 aromatic rings. The Kier molecular flexibility index (Phi) is 8.91. The lowest BCUT2D eigenvalue weighted by Gasteiger charge is -2.33. The molecular weight excluding hydrogens is 639 g/mol. The number of benzene rings is 2. The van der Waals surface area contributed by atoms with E-state index in [-0.39, 0.29) is 42.2 Å². The minimum atomic E-state index is -4.78. The maximum absolute atomic E-state index is 15.4. The molecule has 0 bridgehead atoms. The zero-order valence-electron chi connectivity index (χ0n) is 24.4. The Labute approximate surface area is 259 Å². The van der Waals surface area contributed by atoms with E-state index >= 15 is 4.39 Å². The monoisotopic (exact) mass is 668 g/mol. The van der Waals surface area contributed by atoms with Crippen molar-refractivity contribution >= 4 is 38.8 Å². The third-order valence-electron chi connectivity index (χ3n) is 7.53. The van der Waals surface area contributed by atoms with E-state index in [2.05, 4.69) is 15.4 Å². The first-order valence-corrected chi connectivity index (χ1v) is 15.6. The van der Waals surface area contributed by atoms with Gasteiger partial charge in [0.05, 0.1) is 35.0 Å². The lowest BCUT2D eigenvalue weighted by atomic mass is 9.97. The van der Waals surface area contributed by atoms with Crippen LogP contribution < -0.4 is 16.4 Å². The molecule has 5 N–H and O–H groups in total. The van der Waals surface area contributed by atoms with Gasteiger partial charge in [0.1, 0.15) is 23.5 Å². The van der Waals surface area contributed by atoms with Crippen molar-refractivity contribution in [2.45, 2.75) is 25.7 Å². The van der Waals surface area contributed by atoms with E-state index in [1.165, 1.54) is 34.2 Å². The van der Waals surface area contributed by atoms with Crippen molar-refractivity contribution in [1.29, 1.82) is 0 Å². The Balaban J connectivity index is 1.45. The number of amides is 2. The number of alkyl halides is 3. The van der Waals surface area contributed by atoms with Gasteiger partial charge in [0, 0.05) is 43.9 Å². The van der Waals surface area contributed by atoms with Crippen LogP contribution in [0.15, 0.2) is 42.7 Å². The molecule has 0 radical (unpaired) electrons. The molecule has 46 heavy (non-hydrogen) atoms. The summed E-state index contributed by atoms with van der Waals surface area (Å²) >= 11 is 0. The van der Waals surface area contributed by atoms with Crippen molar-refractivity contribution in [3.05, 3.63) is 71.2 Å². The van der Waals surface area contributed by atoms with Crippen LogP contribution in [0.5, 0.6) is 0 Å². The van der Waals surface area contributed by atoms with Crippen LogP contribution in [0.1, 0.15) is 29.8 Å². The van der Waals surface area contributed by atoms with Crippen molar-refractivity contribution in [3.8, 4) is 11.1 Å². The number of rotatable bonds is 7. The number of halogens is 5. The van der Waals surface area contributed by atoms with Gasteiger partial charge in [-0.3, -0.25) is 4.90 Å². The largest absolute Gasteiger partial charge is 0.416 e. The van der Waals surface area contributed by atoms with Gasteiger partial charge in [-0.25, -0.2) is 31.5 Å². The molecule has 5 rings (SSSR count). The average Bonchev–Trinajstić information content (AvgIpc) is 3.30. The number of anilines is 3. The van der Waals surface area contributed by atoms with E-state index in [0.717, 1.165) is 12.3 Å². The van der Waals surface area contributed by atoms with Gasteiger partial charge in [-0.05, 0) is 42.8 Å². The average molecular weight is 669 g/mol. The standard InChI is InChI=1S/C28H29F5N8O4S/c1-15(42)23-22(13-39-7-9-40(10-8-39)46(2,44)45)41-25(26(34)35-14-36-41)24(23)16-3-6-20(19(30)11-16)37-27(43)38-21-12-17(28(31,32)33)4-5-18(21)29/h3-6,11-12,14-15,42H,7-10,13H2,1-2H3,(H2,34,35,36)(H2,37,38,43). The Bertz CT molecular complexity index is 1910. The van der Waals surface area contributed by atoms with E-state index in [1.54, 1.807) is 0 Å². The van der Waals surface area contributed by atoms with Gasteiger partial charge in [0.25, 0.3) is 0 Å². The number of sulfonamides is 1. The van der Waals surface area contributed by atoms with Crippen LogP contribution in [0.2, 0.25) is 0 Å². The molecule has 0 aliphatic carbocycles. The minimum absolute atomic E-state index is 0.0325. The molecule has 1 saturated heterocycles. The number of urea groups is 1. The van der Waals surface area contributed by atoms with Gasteiger partial charge in [-0.15, -0.1) is 0 Å². The molecule has 0 spiro atoms. The Morgan fingerprint density at radius 1 is 1.04 bits per heavy atom. The number of hydrogen-bond donors (Lipinski definition) is 4. The quantitative estimate of drug-likeness (QED) is 0.215. The number of nitrogens with one attached hydrogen (secondary N) is 2. The molecule has 0 saturated carbocycles. The maximum atomic E-state index is 15.4. The zero-order chi connectivity index (χ0) is 33.6. The molecule has 3 heterocycles. The number of aromatic nitrogens is 3. The van der Waals surface area contributed by atoms with Gasteiger partial charge in [-0.1, -0.05) is 6.07 Å². The third-order valence-corrected chi connectivity index (χ3v) is 8.83. The highest BCUT2D eigenvalue weighted by Gasteiger charge is 2.32. The SMILES string of the molecule is CC(O)c1c(-c2ccc(NC(=O)Nc3cc(C(F)(F)F)ccc3F)c(F)c2)c2c(N)ncnn2c1CN1CCN(S(C)(=O)=O)CC1. The first-order valence-electron chi connectivity index (χ1n) is 13.8. The Hall–Kier alpha value is -4.39. The van der Waals surface area contributed by atoms with Gasteiger partial charge < -0.3 is 21.5 Å². The van der Waals surface area contributed by atoms with Gasteiger partial charge >= 0.3 is 12.2 Å². The van der Waals surface area contributed by atoms with E-state index < -0.39 is 51.2 Å². The number of nitrogens with two attached hydrogens (primary N) is 1. The van der Waals surface area contributed by atoms with Gasteiger partial charge in [0.2, 0.25) is 10.0 Å². The fraction of sp³-hybridized carbons (Fsp3) is 0.321. The molecule has 1 aliphatic heterocycles. The number of carbonyl (C=O) groups is 1. The first kappa shape index (κ1) is 33.0. The minimum Gasteiger partial charge on any atom is -0.389 e. The number of nitrogens with zero attached hydrogens (tertiary/aromatic N) is 5. The normalized spacial score (nSPS) is 15.7. The number of aliphatic hydroxyl groups is 1. The molecule has 1 aliphatic rings. The smallest absolute Gasteiger partial charge is 0.389 e. The second-order valence-electron chi connectivity index (χ2n) is 10.7. The van der Waals surface area contributed by atoms with E-state index in [1.807, 2.05) is 10.2 Å². The highest BCUT2D eigenvalue weighted by molar-refractivity contribution is 7.88. The van der Waals surface area contributed by atoms with Crippen molar-refractivity contribution < 1.29 is 40.3 Å². The lowest BCUT2D eigenvalue weighted by Crippen LogP contribution is -2.48. The van der Waals surface area contributed by atoms with Crippen molar-refractivity contribution in [2.24, 2.45) is 0 Å². The number of fused-ring (bicyclic) bond motifs is 1. The highest BCUT2D eigenvalue weighted by Crippen LogP contribution is 2.40.